The molecule has 1 aromatic carbocycles. The maximum atomic E-state index is 12.6. The molecule has 1 amide bonds. The third-order valence-electron chi connectivity index (χ3n) is 5.03. The Morgan fingerprint density at radius 2 is 1.95 bits per heavy atom. The third kappa shape index (κ3) is 2.23. The van der Waals surface area contributed by atoms with Gasteiger partial charge in [-0.25, -0.2) is 0 Å². The van der Waals surface area contributed by atoms with E-state index in [4.69, 9.17) is 0 Å². The number of carbonyl (C=O) groups is 2. The zero-order valence-electron chi connectivity index (χ0n) is 12.5. The van der Waals surface area contributed by atoms with Crippen LogP contribution >= 0.6 is 0 Å². The van der Waals surface area contributed by atoms with E-state index in [2.05, 4.69) is 19.1 Å². The van der Waals surface area contributed by atoms with Crippen molar-refractivity contribution in [3.63, 3.8) is 0 Å². The van der Waals surface area contributed by atoms with Crippen LogP contribution in [0.5, 0.6) is 0 Å². The van der Waals surface area contributed by atoms with Crippen LogP contribution in [0.25, 0.3) is 0 Å². The number of likely N-dealkylation sites (tertiary alicyclic amines) is 1. The first-order chi connectivity index (χ1) is 9.95. The van der Waals surface area contributed by atoms with Crippen LogP contribution in [0.15, 0.2) is 24.3 Å². The van der Waals surface area contributed by atoms with Gasteiger partial charge in [-0.15, -0.1) is 0 Å². The lowest BCUT2D eigenvalue weighted by Gasteiger charge is -2.25. The van der Waals surface area contributed by atoms with Gasteiger partial charge < -0.3 is 10.0 Å². The lowest BCUT2D eigenvalue weighted by atomic mass is 9.93. The number of aryl methyl sites for hydroxylation is 1. The summed E-state index contributed by atoms with van der Waals surface area (Å²) in [5.41, 5.74) is 1.40. The molecule has 2 atom stereocenters. The topological polar surface area (TPSA) is 57.6 Å². The first kappa shape index (κ1) is 14.1. The van der Waals surface area contributed by atoms with Gasteiger partial charge in [-0.3, -0.25) is 9.59 Å². The van der Waals surface area contributed by atoms with E-state index in [0.717, 1.165) is 6.42 Å². The number of benzene rings is 1. The second-order valence-electron chi connectivity index (χ2n) is 6.48. The van der Waals surface area contributed by atoms with Crippen LogP contribution < -0.4 is 0 Å². The normalized spacial score (nSPS) is 26.7. The fourth-order valence-corrected chi connectivity index (χ4v) is 3.50. The molecule has 2 fully saturated rings. The Morgan fingerprint density at radius 3 is 2.52 bits per heavy atom. The van der Waals surface area contributed by atoms with E-state index in [1.54, 1.807) is 4.90 Å². The fraction of sp³-hybridized carbons (Fsp3) is 0.529. The predicted octanol–water partition coefficient (Wildman–Crippen LogP) is 2.56. The van der Waals surface area contributed by atoms with Gasteiger partial charge in [-0.05, 0) is 44.2 Å². The molecule has 21 heavy (non-hydrogen) atoms. The van der Waals surface area contributed by atoms with Gasteiger partial charge in [0, 0.05) is 18.5 Å². The van der Waals surface area contributed by atoms with Crippen LogP contribution in [0, 0.1) is 12.3 Å². The van der Waals surface area contributed by atoms with E-state index in [1.165, 1.54) is 11.1 Å². The Balaban J connectivity index is 1.80. The molecule has 112 valence electrons. The summed E-state index contributed by atoms with van der Waals surface area (Å²) < 4.78 is 0. The molecule has 1 aromatic rings. The molecule has 1 aliphatic carbocycles. The molecule has 1 saturated heterocycles. The Labute approximate surface area is 124 Å². The van der Waals surface area contributed by atoms with Gasteiger partial charge in [0.15, 0.2) is 0 Å². The van der Waals surface area contributed by atoms with E-state index in [9.17, 15) is 14.7 Å². The minimum absolute atomic E-state index is 0.110. The minimum Gasteiger partial charge on any atom is -0.480 e. The number of carbonyl (C=O) groups excluding carboxylic acids is 1. The average molecular weight is 287 g/mol. The molecule has 3 rings (SSSR count). The molecule has 4 nitrogen and oxygen atoms in total. The number of carboxylic acids is 1. The second-order valence-corrected chi connectivity index (χ2v) is 6.48. The summed E-state index contributed by atoms with van der Waals surface area (Å²) in [5, 5.41) is 9.30. The molecule has 0 spiro atoms. The van der Waals surface area contributed by atoms with Gasteiger partial charge in [0.2, 0.25) is 5.91 Å². The summed E-state index contributed by atoms with van der Waals surface area (Å²) in [7, 11) is 0. The van der Waals surface area contributed by atoms with Crippen molar-refractivity contribution in [3.8, 4) is 0 Å². The Morgan fingerprint density at radius 1 is 1.29 bits per heavy atom. The number of hydrogen-bond acceptors (Lipinski definition) is 2. The van der Waals surface area contributed by atoms with Gasteiger partial charge in [0.05, 0.1) is 0 Å². The summed E-state index contributed by atoms with van der Waals surface area (Å²) in [6, 6.07) is 8.36. The van der Waals surface area contributed by atoms with Crippen LogP contribution in [-0.4, -0.2) is 34.5 Å². The maximum absolute atomic E-state index is 12.6. The lowest BCUT2D eigenvalue weighted by Crippen LogP contribution is -2.42. The molecular formula is C17H21NO3. The zero-order valence-corrected chi connectivity index (χ0v) is 12.5. The van der Waals surface area contributed by atoms with Gasteiger partial charge in [-0.2, -0.15) is 0 Å². The SMILES string of the molecule is Cc1ccccc1[C@@H]1C[C@@H](C)N(C(=O)C2(C(=O)O)CC2)C1. The number of aliphatic carboxylic acids is 1. The van der Waals surface area contributed by atoms with Crippen molar-refractivity contribution in [2.45, 2.75) is 45.1 Å². The van der Waals surface area contributed by atoms with Crippen molar-refractivity contribution in [2.24, 2.45) is 5.41 Å². The number of nitrogens with zero attached hydrogens (tertiary/aromatic N) is 1. The predicted molar refractivity (Wildman–Crippen MR) is 79.0 cm³/mol. The largest absolute Gasteiger partial charge is 0.480 e. The highest BCUT2D eigenvalue weighted by Gasteiger charge is 2.59. The highest BCUT2D eigenvalue weighted by Crippen LogP contribution is 2.49. The molecule has 1 saturated carbocycles. The highest BCUT2D eigenvalue weighted by molar-refractivity contribution is 6.05. The van der Waals surface area contributed by atoms with Gasteiger partial charge in [0.1, 0.15) is 5.41 Å². The van der Waals surface area contributed by atoms with Crippen LogP contribution in [0.4, 0.5) is 0 Å². The number of carboxylic acid groups (broad SMARTS) is 1. The molecule has 1 N–H and O–H groups in total. The van der Waals surface area contributed by atoms with Crippen molar-refractivity contribution < 1.29 is 14.7 Å². The fourth-order valence-electron chi connectivity index (χ4n) is 3.50. The minimum atomic E-state index is -1.12. The van der Waals surface area contributed by atoms with E-state index >= 15 is 0 Å². The van der Waals surface area contributed by atoms with Gasteiger partial charge >= 0.3 is 5.97 Å². The van der Waals surface area contributed by atoms with Crippen molar-refractivity contribution in [1.82, 2.24) is 4.90 Å². The first-order valence-electron chi connectivity index (χ1n) is 7.56. The molecule has 0 aromatic heterocycles. The number of amides is 1. The second kappa shape index (κ2) is 4.86. The monoisotopic (exact) mass is 287 g/mol. The first-order valence-corrected chi connectivity index (χ1v) is 7.56. The van der Waals surface area contributed by atoms with E-state index in [0.29, 0.717) is 25.3 Å². The number of rotatable bonds is 3. The van der Waals surface area contributed by atoms with Crippen molar-refractivity contribution in [3.05, 3.63) is 35.4 Å². The summed E-state index contributed by atoms with van der Waals surface area (Å²) in [4.78, 5) is 25.7. The molecule has 0 unspecified atom stereocenters. The lowest BCUT2D eigenvalue weighted by molar-refractivity contribution is -0.153. The molecule has 4 heteroatoms. The highest BCUT2D eigenvalue weighted by atomic mass is 16.4. The van der Waals surface area contributed by atoms with E-state index < -0.39 is 11.4 Å². The standard InChI is InChI=1S/C17H21NO3/c1-11-5-3-4-6-14(11)13-9-12(2)18(10-13)15(19)17(7-8-17)16(20)21/h3-6,12-13H,7-10H2,1-2H3,(H,20,21)/t12-,13-/m1/s1. The number of hydrogen-bond donors (Lipinski definition) is 1. The van der Waals surface area contributed by atoms with Crippen molar-refractivity contribution >= 4 is 11.9 Å². The maximum Gasteiger partial charge on any atom is 0.319 e. The summed E-state index contributed by atoms with van der Waals surface area (Å²) in [6.07, 6.45) is 1.88. The smallest absolute Gasteiger partial charge is 0.319 e. The van der Waals surface area contributed by atoms with Crippen molar-refractivity contribution in [1.29, 1.82) is 0 Å². The van der Waals surface area contributed by atoms with E-state index in [1.807, 2.05) is 19.1 Å². The summed E-state index contributed by atoms with van der Waals surface area (Å²) in [5.74, 6) is -0.827. The van der Waals surface area contributed by atoms with Crippen LogP contribution in [0.2, 0.25) is 0 Å². The average Bonchev–Trinajstić information content (AvgIpc) is 3.17. The third-order valence-corrected chi connectivity index (χ3v) is 5.03. The molecular weight excluding hydrogens is 266 g/mol. The van der Waals surface area contributed by atoms with Crippen LogP contribution in [0.1, 0.15) is 43.2 Å². The molecule has 0 bridgehead atoms. The van der Waals surface area contributed by atoms with Crippen molar-refractivity contribution in [2.75, 3.05) is 6.54 Å². The van der Waals surface area contributed by atoms with Crippen LogP contribution in [-0.2, 0) is 9.59 Å². The van der Waals surface area contributed by atoms with Gasteiger partial charge in [0.25, 0.3) is 0 Å². The molecule has 1 aliphatic heterocycles. The van der Waals surface area contributed by atoms with Gasteiger partial charge in [-0.1, -0.05) is 24.3 Å². The summed E-state index contributed by atoms with van der Waals surface area (Å²) in [6.45, 7) is 4.75. The zero-order chi connectivity index (χ0) is 15.2. The van der Waals surface area contributed by atoms with E-state index in [-0.39, 0.29) is 11.9 Å². The van der Waals surface area contributed by atoms with Crippen LogP contribution in [0.3, 0.4) is 0 Å². The Bertz CT molecular complexity index is 591. The quantitative estimate of drug-likeness (QED) is 0.869. The Hall–Kier alpha value is -1.84. The molecule has 2 aliphatic rings. The Kier molecular flexibility index (Phi) is 3.27. The summed E-state index contributed by atoms with van der Waals surface area (Å²) >= 11 is 0. The molecule has 1 heterocycles. The molecule has 0 radical (unpaired) electrons.